The molecule has 11 aromatic rings. The molecule has 0 saturated heterocycles. The summed E-state index contributed by atoms with van der Waals surface area (Å²) < 4.78 is 6.80. The number of hydrogen-bond acceptors (Lipinski definition) is 2. The van der Waals surface area contributed by atoms with Gasteiger partial charge in [-0.15, -0.1) is 0 Å². The Hall–Kier alpha value is -7.68. The van der Waals surface area contributed by atoms with Gasteiger partial charge in [0.05, 0.1) is 11.4 Å². The van der Waals surface area contributed by atoms with Crippen LogP contribution in [0, 0.1) is 0 Å². The minimum atomic E-state index is 0.848. The first-order valence-electron chi connectivity index (χ1n) is 19.8. The van der Waals surface area contributed by atoms with E-state index in [0.29, 0.717) is 0 Å². The summed E-state index contributed by atoms with van der Waals surface area (Å²) in [5, 5.41) is 7.20. The Kier molecular flexibility index (Phi) is 8.19. The van der Waals surface area contributed by atoms with Crippen molar-refractivity contribution in [3.63, 3.8) is 0 Å². The molecule has 0 fully saturated rings. The maximum atomic E-state index is 6.80. The Labute approximate surface area is 337 Å². The predicted octanol–water partition coefficient (Wildman–Crippen LogP) is 16.0. The molecule has 10 aromatic carbocycles. The topological polar surface area (TPSA) is 16.4 Å². The number of rotatable bonds is 7. The smallest absolute Gasteiger partial charge is 0.159 e. The molecule has 2 heteroatoms. The lowest BCUT2D eigenvalue weighted by Gasteiger charge is -2.30. The predicted molar refractivity (Wildman–Crippen MR) is 245 cm³/mol. The van der Waals surface area contributed by atoms with Crippen LogP contribution < -0.4 is 4.90 Å². The van der Waals surface area contributed by atoms with Crippen molar-refractivity contribution in [3.05, 3.63) is 224 Å². The van der Waals surface area contributed by atoms with Crippen LogP contribution in [0.2, 0.25) is 0 Å². The van der Waals surface area contributed by atoms with Gasteiger partial charge in [-0.3, -0.25) is 0 Å². The summed E-state index contributed by atoms with van der Waals surface area (Å²) in [6.45, 7) is 0. The average molecular weight is 740 g/mol. The molecule has 1 heterocycles. The third-order valence-electron chi connectivity index (χ3n) is 11.5. The quantitative estimate of drug-likeness (QED) is 0.151. The molecular formula is C56H37NO. The van der Waals surface area contributed by atoms with Crippen LogP contribution in [0.3, 0.4) is 0 Å². The second-order valence-corrected chi connectivity index (χ2v) is 14.8. The fourth-order valence-corrected chi connectivity index (χ4v) is 8.84. The largest absolute Gasteiger partial charge is 0.454 e. The molecule has 0 aliphatic heterocycles. The molecule has 0 atom stereocenters. The van der Waals surface area contributed by atoms with Crippen LogP contribution in [0.5, 0.6) is 0 Å². The van der Waals surface area contributed by atoms with Gasteiger partial charge in [0.2, 0.25) is 0 Å². The highest BCUT2D eigenvalue weighted by atomic mass is 16.3. The molecule has 0 amide bonds. The van der Waals surface area contributed by atoms with Crippen LogP contribution in [0.25, 0.3) is 88.0 Å². The zero-order valence-electron chi connectivity index (χ0n) is 31.7. The van der Waals surface area contributed by atoms with E-state index < -0.39 is 0 Å². The molecule has 0 saturated carbocycles. The SMILES string of the molecule is c1ccc(-c2ccccc2-c2c(-c3ccccc3)cccc2N(c2ccc(-c3cc4ccccc4c4ccccc34)cc2)c2cccc3c2oc2ccccc23)cc1. The average Bonchev–Trinajstić information content (AvgIpc) is 3.69. The number of para-hydroxylation sites is 2. The summed E-state index contributed by atoms with van der Waals surface area (Å²) in [5.74, 6) is 0. The lowest BCUT2D eigenvalue weighted by Crippen LogP contribution is -2.12. The van der Waals surface area contributed by atoms with Crippen molar-refractivity contribution in [2.45, 2.75) is 0 Å². The monoisotopic (exact) mass is 739 g/mol. The first-order valence-corrected chi connectivity index (χ1v) is 19.8. The van der Waals surface area contributed by atoms with E-state index in [4.69, 9.17) is 4.42 Å². The van der Waals surface area contributed by atoms with Crippen LogP contribution in [-0.4, -0.2) is 0 Å². The maximum absolute atomic E-state index is 6.80. The van der Waals surface area contributed by atoms with E-state index >= 15 is 0 Å². The lowest BCUT2D eigenvalue weighted by molar-refractivity contribution is 0.669. The second-order valence-electron chi connectivity index (χ2n) is 14.8. The van der Waals surface area contributed by atoms with Gasteiger partial charge in [0.25, 0.3) is 0 Å². The van der Waals surface area contributed by atoms with Gasteiger partial charge in [-0.25, -0.2) is 0 Å². The van der Waals surface area contributed by atoms with Gasteiger partial charge in [0, 0.05) is 22.0 Å². The molecule has 2 nitrogen and oxygen atoms in total. The lowest BCUT2D eigenvalue weighted by atomic mass is 9.87. The van der Waals surface area contributed by atoms with Gasteiger partial charge in [0.1, 0.15) is 5.58 Å². The fraction of sp³-hybridized carbons (Fsp3) is 0. The highest BCUT2D eigenvalue weighted by Gasteiger charge is 2.25. The molecule has 0 radical (unpaired) electrons. The third-order valence-corrected chi connectivity index (χ3v) is 11.5. The number of furan rings is 1. The molecular weight excluding hydrogens is 703 g/mol. The first-order chi connectivity index (χ1) is 28.8. The molecule has 0 aliphatic rings. The van der Waals surface area contributed by atoms with Gasteiger partial charge in [-0.05, 0) is 96.9 Å². The van der Waals surface area contributed by atoms with E-state index in [2.05, 4.69) is 223 Å². The zero-order valence-corrected chi connectivity index (χ0v) is 31.7. The Morgan fingerprint density at radius 2 is 0.845 bits per heavy atom. The number of hydrogen-bond donors (Lipinski definition) is 0. The van der Waals surface area contributed by atoms with E-state index in [0.717, 1.165) is 61.3 Å². The Morgan fingerprint density at radius 3 is 1.62 bits per heavy atom. The Bertz CT molecular complexity index is 3270. The van der Waals surface area contributed by atoms with Crippen molar-refractivity contribution in [2.75, 3.05) is 4.90 Å². The molecule has 0 N–H and O–H groups in total. The van der Waals surface area contributed by atoms with Crippen LogP contribution in [0.1, 0.15) is 0 Å². The van der Waals surface area contributed by atoms with E-state index in [1.807, 2.05) is 6.07 Å². The maximum Gasteiger partial charge on any atom is 0.159 e. The molecule has 0 aliphatic carbocycles. The fourth-order valence-electron chi connectivity index (χ4n) is 8.84. The van der Waals surface area contributed by atoms with Gasteiger partial charge in [-0.1, -0.05) is 188 Å². The van der Waals surface area contributed by atoms with Gasteiger partial charge in [-0.2, -0.15) is 0 Å². The number of nitrogens with zero attached hydrogens (tertiary/aromatic N) is 1. The van der Waals surface area contributed by atoms with Crippen molar-refractivity contribution < 1.29 is 4.42 Å². The standard InChI is InChI=1S/C56H37NO/c1-3-17-38(18-4-1)43-22-9-12-27-49(43)55-45(39-19-5-2-6-20-39)28-15-30-52(55)57(53-31-16-29-50-48-26-13-14-32-54(48)58-56(50)53)42-35-33-40(34-36-42)51-37-41-21-7-8-23-44(41)46-24-10-11-25-47(46)51/h1-37H. The molecule has 0 unspecified atom stereocenters. The van der Waals surface area contributed by atoms with E-state index in [1.54, 1.807) is 0 Å². The Morgan fingerprint density at radius 1 is 0.310 bits per heavy atom. The van der Waals surface area contributed by atoms with E-state index in [-0.39, 0.29) is 0 Å². The van der Waals surface area contributed by atoms with E-state index in [1.165, 1.54) is 43.8 Å². The summed E-state index contributed by atoms with van der Waals surface area (Å²) in [5.41, 5.74) is 14.1. The first kappa shape index (κ1) is 33.6. The van der Waals surface area contributed by atoms with Crippen molar-refractivity contribution in [2.24, 2.45) is 0 Å². The molecule has 0 spiro atoms. The third kappa shape index (κ3) is 5.66. The van der Waals surface area contributed by atoms with E-state index in [9.17, 15) is 0 Å². The van der Waals surface area contributed by atoms with Crippen molar-refractivity contribution in [3.8, 4) is 44.5 Å². The molecule has 0 bridgehead atoms. The van der Waals surface area contributed by atoms with Crippen molar-refractivity contribution >= 4 is 60.5 Å². The van der Waals surface area contributed by atoms with Crippen LogP contribution in [0.4, 0.5) is 17.1 Å². The van der Waals surface area contributed by atoms with Crippen LogP contribution in [-0.2, 0) is 0 Å². The minimum Gasteiger partial charge on any atom is -0.454 e. The summed E-state index contributed by atoms with van der Waals surface area (Å²) in [4.78, 5) is 2.40. The molecule has 58 heavy (non-hydrogen) atoms. The highest BCUT2D eigenvalue weighted by molar-refractivity contribution is 6.14. The Balaban J connectivity index is 1.19. The number of benzene rings is 10. The number of fused-ring (bicyclic) bond motifs is 6. The van der Waals surface area contributed by atoms with Crippen molar-refractivity contribution in [1.29, 1.82) is 0 Å². The zero-order chi connectivity index (χ0) is 38.4. The van der Waals surface area contributed by atoms with Gasteiger partial charge in [0.15, 0.2) is 5.58 Å². The summed E-state index contributed by atoms with van der Waals surface area (Å²) in [6.07, 6.45) is 0. The molecule has 1 aromatic heterocycles. The molecule has 272 valence electrons. The molecule has 11 rings (SSSR count). The van der Waals surface area contributed by atoms with Crippen molar-refractivity contribution in [1.82, 2.24) is 0 Å². The summed E-state index contributed by atoms with van der Waals surface area (Å²) >= 11 is 0. The van der Waals surface area contributed by atoms with Gasteiger partial charge < -0.3 is 9.32 Å². The van der Waals surface area contributed by atoms with Crippen LogP contribution in [0.15, 0.2) is 229 Å². The second kappa shape index (κ2) is 14.1. The highest BCUT2D eigenvalue weighted by Crippen LogP contribution is 2.50. The normalized spacial score (nSPS) is 11.4. The minimum absolute atomic E-state index is 0.848. The summed E-state index contributed by atoms with van der Waals surface area (Å²) in [6, 6.07) is 80.6. The number of anilines is 3. The van der Waals surface area contributed by atoms with Gasteiger partial charge >= 0.3 is 0 Å². The summed E-state index contributed by atoms with van der Waals surface area (Å²) in [7, 11) is 0. The van der Waals surface area contributed by atoms with Crippen LogP contribution >= 0.6 is 0 Å².